The maximum atomic E-state index is 12.7. The lowest BCUT2D eigenvalue weighted by Crippen LogP contribution is -2.46. The average Bonchev–Trinajstić information content (AvgIpc) is 2.75. The van der Waals surface area contributed by atoms with Crippen molar-refractivity contribution in [2.75, 3.05) is 20.3 Å². The fourth-order valence-corrected chi connectivity index (χ4v) is 6.52. The Bertz CT molecular complexity index is 857. The molecule has 2 amide bonds. The number of allylic oxidation sites excluding steroid dienone is 1. The van der Waals surface area contributed by atoms with Gasteiger partial charge in [-0.25, -0.2) is 0 Å². The van der Waals surface area contributed by atoms with Gasteiger partial charge in [0.15, 0.2) is 18.1 Å². The van der Waals surface area contributed by atoms with E-state index in [1.807, 2.05) is 25.1 Å². The highest BCUT2D eigenvalue weighted by atomic mass is 16.5. The van der Waals surface area contributed by atoms with Crippen LogP contribution in [0.3, 0.4) is 0 Å². The number of carbonyl (C=O) groups is 2. The predicted molar refractivity (Wildman–Crippen MR) is 123 cm³/mol. The SMILES string of the molecule is CCNC(=O)COc1ccc(CNC(=O)/C=C(\C)C23CC4CC(CC(C4)C2)C3)cc1OC. The van der Waals surface area contributed by atoms with Crippen LogP contribution < -0.4 is 20.1 Å². The first-order valence-electron chi connectivity index (χ1n) is 11.9. The molecule has 5 rings (SSSR count). The lowest BCUT2D eigenvalue weighted by molar-refractivity contribution is -0.123. The second-order valence-electron chi connectivity index (χ2n) is 9.97. The molecular weight excluding hydrogens is 404 g/mol. The number of hydrogen-bond donors (Lipinski definition) is 2. The summed E-state index contributed by atoms with van der Waals surface area (Å²) < 4.78 is 11.0. The molecule has 0 aliphatic heterocycles. The van der Waals surface area contributed by atoms with Crippen LogP contribution in [-0.4, -0.2) is 32.1 Å². The summed E-state index contributed by atoms with van der Waals surface area (Å²) in [6.45, 7) is 4.94. The summed E-state index contributed by atoms with van der Waals surface area (Å²) in [7, 11) is 1.56. The van der Waals surface area contributed by atoms with E-state index >= 15 is 0 Å². The molecular formula is C26H36N2O4. The second-order valence-corrected chi connectivity index (χ2v) is 9.97. The summed E-state index contributed by atoms with van der Waals surface area (Å²) in [6, 6.07) is 5.49. The third-order valence-electron chi connectivity index (χ3n) is 7.65. The molecule has 1 aromatic carbocycles. The molecule has 1 aromatic rings. The van der Waals surface area contributed by atoms with Crippen molar-refractivity contribution in [2.24, 2.45) is 23.2 Å². The first-order chi connectivity index (χ1) is 15.4. The zero-order valence-electron chi connectivity index (χ0n) is 19.5. The number of likely N-dealkylation sites (N-methyl/N-ethyl adjacent to an activating group) is 1. The normalized spacial score (nSPS) is 28.3. The predicted octanol–water partition coefficient (Wildman–Crippen LogP) is 3.99. The number of amides is 2. The van der Waals surface area contributed by atoms with Crippen LogP contribution in [0.5, 0.6) is 11.5 Å². The van der Waals surface area contributed by atoms with Gasteiger partial charge < -0.3 is 20.1 Å². The van der Waals surface area contributed by atoms with Crippen LogP contribution in [0.4, 0.5) is 0 Å². The Morgan fingerprint density at radius 1 is 1.06 bits per heavy atom. The Morgan fingerprint density at radius 3 is 2.31 bits per heavy atom. The largest absolute Gasteiger partial charge is 0.493 e. The van der Waals surface area contributed by atoms with E-state index in [4.69, 9.17) is 9.47 Å². The van der Waals surface area contributed by atoms with Gasteiger partial charge in [-0.15, -0.1) is 0 Å². The van der Waals surface area contributed by atoms with Gasteiger partial charge in [-0.3, -0.25) is 9.59 Å². The van der Waals surface area contributed by atoms with Crippen molar-refractivity contribution < 1.29 is 19.1 Å². The summed E-state index contributed by atoms with van der Waals surface area (Å²) in [5.74, 6) is 3.45. The molecule has 6 heteroatoms. The van der Waals surface area contributed by atoms with E-state index in [2.05, 4.69) is 17.6 Å². The van der Waals surface area contributed by atoms with Gasteiger partial charge >= 0.3 is 0 Å². The van der Waals surface area contributed by atoms with Gasteiger partial charge in [-0.2, -0.15) is 0 Å². The third-order valence-corrected chi connectivity index (χ3v) is 7.65. The number of ether oxygens (including phenoxy) is 2. The van der Waals surface area contributed by atoms with Crippen molar-refractivity contribution in [1.29, 1.82) is 0 Å². The minimum atomic E-state index is -0.174. The Labute approximate surface area is 191 Å². The van der Waals surface area contributed by atoms with Crippen molar-refractivity contribution in [3.8, 4) is 11.5 Å². The molecule has 174 valence electrons. The molecule has 0 unspecified atom stereocenters. The first-order valence-corrected chi connectivity index (χ1v) is 11.9. The highest BCUT2D eigenvalue weighted by Crippen LogP contribution is 2.62. The summed E-state index contributed by atoms with van der Waals surface area (Å²) >= 11 is 0. The molecule has 2 N–H and O–H groups in total. The van der Waals surface area contributed by atoms with E-state index in [1.54, 1.807) is 13.2 Å². The fourth-order valence-electron chi connectivity index (χ4n) is 6.52. The highest BCUT2D eigenvalue weighted by Gasteiger charge is 2.51. The molecule has 0 spiro atoms. The van der Waals surface area contributed by atoms with Crippen molar-refractivity contribution in [3.63, 3.8) is 0 Å². The van der Waals surface area contributed by atoms with Gasteiger partial charge in [0, 0.05) is 19.2 Å². The second kappa shape index (κ2) is 9.55. The smallest absolute Gasteiger partial charge is 0.257 e. The maximum absolute atomic E-state index is 12.7. The summed E-state index contributed by atoms with van der Waals surface area (Å²) in [5.41, 5.74) is 2.44. The lowest BCUT2D eigenvalue weighted by atomic mass is 9.48. The van der Waals surface area contributed by atoms with Gasteiger partial charge in [0.25, 0.3) is 5.91 Å². The Hall–Kier alpha value is -2.50. The molecule has 0 radical (unpaired) electrons. The molecule has 4 aliphatic carbocycles. The fraction of sp³-hybridized carbons (Fsp3) is 0.615. The van der Waals surface area contributed by atoms with Crippen LogP contribution in [0.15, 0.2) is 29.8 Å². The van der Waals surface area contributed by atoms with Gasteiger partial charge in [0.1, 0.15) is 0 Å². The number of hydrogen-bond acceptors (Lipinski definition) is 4. The molecule has 4 fully saturated rings. The third kappa shape index (κ3) is 4.94. The van der Waals surface area contributed by atoms with E-state index in [0.29, 0.717) is 24.6 Å². The number of nitrogens with one attached hydrogen (secondary N) is 2. The molecule has 0 heterocycles. The molecule has 0 aromatic heterocycles. The van der Waals surface area contributed by atoms with Crippen molar-refractivity contribution in [1.82, 2.24) is 10.6 Å². The van der Waals surface area contributed by atoms with E-state index in [0.717, 1.165) is 23.3 Å². The quantitative estimate of drug-likeness (QED) is 0.570. The van der Waals surface area contributed by atoms with Gasteiger partial charge in [-0.1, -0.05) is 11.6 Å². The minimum absolute atomic E-state index is 0.0335. The van der Waals surface area contributed by atoms with E-state index in [-0.39, 0.29) is 23.8 Å². The molecule has 0 atom stereocenters. The maximum Gasteiger partial charge on any atom is 0.257 e. The Balaban J connectivity index is 1.34. The molecule has 4 bridgehead atoms. The first kappa shape index (κ1) is 22.7. The topological polar surface area (TPSA) is 76.7 Å². The van der Waals surface area contributed by atoms with Gasteiger partial charge in [0.2, 0.25) is 5.91 Å². The van der Waals surface area contributed by atoms with E-state index in [1.165, 1.54) is 44.1 Å². The van der Waals surface area contributed by atoms with Gasteiger partial charge in [-0.05, 0) is 93.2 Å². The minimum Gasteiger partial charge on any atom is -0.493 e. The van der Waals surface area contributed by atoms with Crippen LogP contribution in [0.1, 0.15) is 57.9 Å². The van der Waals surface area contributed by atoms with Crippen molar-refractivity contribution in [2.45, 2.75) is 58.9 Å². The Kier molecular flexibility index (Phi) is 6.77. The van der Waals surface area contributed by atoms with Crippen molar-refractivity contribution >= 4 is 11.8 Å². The molecule has 32 heavy (non-hydrogen) atoms. The van der Waals surface area contributed by atoms with Crippen molar-refractivity contribution in [3.05, 3.63) is 35.4 Å². The van der Waals surface area contributed by atoms with Crippen LogP contribution in [0.25, 0.3) is 0 Å². The Morgan fingerprint density at radius 2 is 1.72 bits per heavy atom. The highest BCUT2D eigenvalue weighted by molar-refractivity contribution is 5.88. The molecule has 0 saturated heterocycles. The number of methoxy groups -OCH3 is 1. The van der Waals surface area contributed by atoms with Crippen LogP contribution in [0.2, 0.25) is 0 Å². The zero-order chi connectivity index (χ0) is 22.7. The number of rotatable bonds is 9. The standard InChI is InChI=1S/C26H36N2O4/c1-4-27-25(30)16-32-22-6-5-18(11-23(22)31-3)15-28-24(29)7-17(2)26-12-19-8-20(13-26)10-21(9-19)14-26/h5-7,11,19-21H,4,8-10,12-16H2,1-3H3,(H,27,30)(H,28,29)/b17-7+. The van der Waals surface area contributed by atoms with E-state index < -0.39 is 0 Å². The average molecular weight is 441 g/mol. The lowest BCUT2D eigenvalue weighted by Gasteiger charge is -2.57. The van der Waals surface area contributed by atoms with Crippen LogP contribution >= 0.6 is 0 Å². The summed E-state index contributed by atoms with van der Waals surface area (Å²) in [6.07, 6.45) is 9.86. The van der Waals surface area contributed by atoms with Crippen LogP contribution in [0, 0.1) is 23.2 Å². The molecule has 4 aliphatic rings. The molecule has 6 nitrogen and oxygen atoms in total. The number of carbonyl (C=O) groups excluding carboxylic acids is 2. The van der Waals surface area contributed by atoms with E-state index in [9.17, 15) is 9.59 Å². The monoisotopic (exact) mass is 440 g/mol. The summed E-state index contributed by atoms with van der Waals surface area (Å²) in [5, 5.41) is 5.72. The van der Waals surface area contributed by atoms with Gasteiger partial charge in [0.05, 0.1) is 7.11 Å². The number of benzene rings is 1. The van der Waals surface area contributed by atoms with Crippen LogP contribution in [-0.2, 0) is 16.1 Å². The zero-order valence-corrected chi connectivity index (χ0v) is 19.5. The molecule has 4 saturated carbocycles. The summed E-state index contributed by atoms with van der Waals surface area (Å²) in [4.78, 5) is 24.3.